The van der Waals surface area contributed by atoms with Gasteiger partial charge < -0.3 is 10.1 Å². The summed E-state index contributed by atoms with van der Waals surface area (Å²) in [4.78, 5) is 23.8. The number of alkyl halides is 2. The molecule has 0 fully saturated rings. The highest BCUT2D eigenvalue weighted by molar-refractivity contribution is 7.99. The van der Waals surface area contributed by atoms with Crippen molar-refractivity contribution in [2.75, 3.05) is 11.8 Å². The summed E-state index contributed by atoms with van der Waals surface area (Å²) in [5, 5.41) is 2.40. The Balaban J connectivity index is 2.15. The van der Waals surface area contributed by atoms with Gasteiger partial charge in [-0.05, 0) is 49.4 Å². The van der Waals surface area contributed by atoms with Crippen LogP contribution in [-0.2, 0) is 19.6 Å². The molecule has 0 spiro atoms. The molecule has 0 aromatic heterocycles. The van der Waals surface area contributed by atoms with E-state index in [1.54, 1.807) is 0 Å². The van der Waals surface area contributed by atoms with Gasteiger partial charge in [-0.1, -0.05) is 17.8 Å². The maximum atomic E-state index is 12.6. The van der Waals surface area contributed by atoms with Gasteiger partial charge in [0.1, 0.15) is 6.04 Å². The third kappa shape index (κ3) is 6.43. The number of rotatable bonds is 8. The second kappa shape index (κ2) is 9.70. The maximum Gasteiger partial charge on any atom is 0.328 e. The van der Waals surface area contributed by atoms with E-state index in [0.717, 1.165) is 6.07 Å². The summed E-state index contributed by atoms with van der Waals surface area (Å²) in [6.45, 7) is 1.43. The van der Waals surface area contributed by atoms with E-state index >= 15 is 0 Å². The fraction of sp³-hybridized carbons (Fsp3) is 0.222. The van der Waals surface area contributed by atoms with Crippen molar-refractivity contribution in [3.8, 4) is 0 Å². The number of methoxy groups -OCH3 is 1. The molecular formula is C18H18F2N2O5S2. The number of ether oxygens (including phenoxy) is 1. The molecule has 2 N–H and O–H groups in total. The molecule has 1 unspecified atom stereocenters. The molecule has 0 heterocycles. The lowest BCUT2D eigenvalue weighted by Gasteiger charge is -2.13. The smallest absolute Gasteiger partial charge is 0.328 e. The molecule has 11 heteroatoms. The van der Waals surface area contributed by atoms with E-state index in [4.69, 9.17) is 0 Å². The number of carbonyl (C=O) groups excluding carboxylic acids is 2. The minimum absolute atomic E-state index is 0.0345. The predicted octanol–water partition coefficient (Wildman–Crippen LogP) is 3.09. The Morgan fingerprint density at radius 1 is 1.10 bits per heavy atom. The van der Waals surface area contributed by atoms with Gasteiger partial charge in [0.2, 0.25) is 0 Å². The van der Waals surface area contributed by atoms with E-state index in [1.165, 1.54) is 56.5 Å². The van der Waals surface area contributed by atoms with E-state index in [0.29, 0.717) is 16.7 Å². The van der Waals surface area contributed by atoms with Gasteiger partial charge in [0.15, 0.2) is 0 Å². The Kier molecular flexibility index (Phi) is 7.57. The lowest BCUT2D eigenvalue weighted by molar-refractivity contribution is -0.142. The van der Waals surface area contributed by atoms with Crippen LogP contribution in [0.15, 0.2) is 58.3 Å². The van der Waals surface area contributed by atoms with Gasteiger partial charge >= 0.3 is 5.97 Å². The van der Waals surface area contributed by atoms with Crippen molar-refractivity contribution in [3.05, 3.63) is 54.1 Å². The Morgan fingerprint density at radius 3 is 2.34 bits per heavy atom. The number of amides is 1. The first kappa shape index (κ1) is 22.6. The molecular weight excluding hydrogens is 426 g/mol. The van der Waals surface area contributed by atoms with Crippen LogP contribution in [0.1, 0.15) is 17.3 Å². The molecule has 156 valence electrons. The quantitative estimate of drug-likeness (QED) is 0.479. The van der Waals surface area contributed by atoms with Crippen LogP contribution in [0.3, 0.4) is 0 Å². The molecule has 0 aliphatic heterocycles. The lowest BCUT2D eigenvalue weighted by Crippen LogP contribution is -2.39. The van der Waals surface area contributed by atoms with Gasteiger partial charge in [-0.15, -0.1) is 0 Å². The molecule has 0 bridgehead atoms. The average molecular weight is 444 g/mol. The minimum Gasteiger partial charge on any atom is -0.467 e. The standard InChI is InChI=1S/C18H18F2N2O5S2/c1-11(17(24)27-2)21-16(23)12-4-3-5-15(10-12)29(25,26)22-13-6-8-14(9-7-13)28-18(19)20/h3-11,18,22H,1-2H3,(H,21,23). The number of halogens is 2. The first-order chi connectivity index (χ1) is 13.6. The summed E-state index contributed by atoms with van der Waals surface area (Å²) in [6, 6.07) is 9.78. The number of sulfonamides is 1. The fourth-order valence-electron chi connectivity index (χ4n) is 2.24. The van der Waals surface area contributed by atoms with Gasteiger partial charge in [0, 0.05) is 16.1 Å². The van der Waals surface area contributed by atoms with Crippen LogP contribution < -0.4 is 10.0 Å². The van der Waals surface area contributed by atoms with Crippen molar-refractivity contribution in [2.24, 2.45) is 0 Å². The average Bonchev–Trinajstić information content (AvgIpc) is 2.68. The Morgan fingerprint density at radius 2 is 1.76 bits per heavy atom. The van der Waals surface area contributed by atoms with Crippen molar-refractivity contribution >= 4 is 39.3 Å². The molecule has 0 saturated carbocycles. The molecule has 2 rings (SSSR count). The van der Waals surface area contributed by atoms with E-state index in [9.17, 15) is 26.8 Å². The number of esters is 1. The van der Waals surface area contributed by atoms with Crippen molar-refractivity contribution < 1.29 is 31.5 Å². The molecule has 0 aliphatic carbocycles. The van der Waals surface area contributed by atoms with Crippen LogP contribution in [0.5, 0.6) is 0 Å². The number of anilines is 1. The SMILES string of the molecule is COC(=O)C(C)NC(=O)c1cccc(S(=O)(=O)Nc2ccc(SC(F)F)cc2)c1. The van der Waals surface area contributed by atoms with E-state index in [1.807, 2.05) is 0 Å². The van der Waals surface area contributed by atoms with Gasteiger partial charge in [0.05, 0.1) is 12.0 Å². The molecule has 1 amide bonds. The van der Waals surface area contributed by atoms with Gasteiger partial charge in [0.25, 0.3) is 21.7 Å². The topological polar surface area (TPSA) is 102 Å². The lowest BCUT2D eigenvalue weighted by atomic mass is 10.2. The summed E-state index contributed by atoms with van der Waals surface area (Å²) in [5.74, 6) is -3.86. The van der Waals surface area contributed by atoms with Gasteiger partial charge in [-0.2, -0.15) is 8.78 Å². The highest BCUT2D eigenvalue weighted by atomic mass is 32.2. The fourth-order valence-corrected chi connectivity index (χ4v) is 3.84. The van der Waals surface area contributed by atoms with Crippen LogP contribution in [-0.4, -0.2) is 39.2 Å². The number of nitrogens with one attached hydrogen (secondary N) is 2. The van der Waals surface area contributed by atoms with Crippen LogP contribution in [0.4, 0.5) is 14.5 Å². The molecule has 7 nitrogen and oxygen atoms in total. The largest absolute Gasteiger partial charge is 0.467 e. The summed E-state index contributed by atoms with van der Waals surface area (Å²) in [5.41, 5.74) is 0.213. The van der Waals surface area contributed by atoms with Crippen LogP contribution in [0.2, 0.25) is 0 Å². The second-order valence-corrected chi connectivity index (χ2v) is 8.50. The number of thioether (sulfide) groups is 1. The first-order valence-corrected chi connectivity index (χ1v) is 10.5. The van der Waals surface area contributed by atoms with Crippen molar-refractivity contribution in [3.63, 3.8) is 0 Å². The highest BCUT2D eigenvalue weighted by Crippen LogP contribution is 2.27. The zero-order valence-electron chi connectivity index (χ0n) is 15.4. The molecule has 2 aromatic carbocycles. The van der Waals surface area contributed by atoms with Crippen molar-refractivity contribution in [2.45, 2.75) is 28.5 Å². The highest BCUT2D eigenvalue weighted by Gasteiger charge is 2.20. The number of hydrogen-bond donors (Lipinski definition) is 2. The molecule has 0 saturated heterocycles. The molecule has 0 radical (unpaired) electrons. The van der Waals surface area contributed by atoms with Gasteiger partial charge in [-0.3, -0.25) is 9.52 Å². The first-order valence-electron chi connectivity index (χ1n) is 8.19. The Bertz CT molecular complexity index is 982. The van der Waals surface area contributed by atoms with Crippen LogP contribution in [0, 0.1) is 0 Å². The van der Waals surface area contributed by atoms with Crippen molar-refractivity contribution in [1.82, 2.24) is 5.32 Å². The van der Waals surface area contributed by atoms with Gasteiger partial charge in [-0.25, -0.2) is 13.2 Å². The summed E-state index contributed by atoms with van der Waals surface area (Å²) >= 11 is 0.347. The number of hydrogen-bond acceptors (Lipinski definition) is 6. The molecule has 0 aliphatic rings. The summed E-state index contributed by atoms with van der Waals surface area (Å²) < 4.78 is 56.7. The number of benzene rings is 2. The van der Waals surface area contributed by atoms with E-state index in [-0.39, 0.29) is 16.1 Å². The maximum absolute atomic E-state index is 12.6. The predicted molar refractivity (Wildman–Crippen MR) is 104 cm³/mol. The number of carbonyl (C=O) groups is 2. The van der Waals surface area contributed by atoms with E-state index in [2.05, 4.69) is 14.8 Å². The molecule has 1 atom stereocenters. The Labute approximate surface area is 170 Å². The zero-order valence-corrected chi connectivity index (χ0v) is 17.0. The Hall–Kier alpha value is -2.66. The second-order valence-electron chi connectivity index (χ2n) is 5.75. The summed E-state index contributed by atoms with van der Waals surface area (Å²) in [6.07, 6.45) is 0. The minimum atomic E-state index is -4.03. The normalized spacial score (nSPS) is 12.3. The monoisotopic (exact) mass is 444 g/mol. The summed E-state index contributed by atoms with van der Waals surface area (Å²) in [7, 11) is -2.85. The zero-order chi connectivity index (χ0) is 21.6. The molecule has 29 heavy (non-hydrogen) atoms. The van der Waals surface area contributed by atoms with Crippen LogP contribution >= 0.6 is 11.8 Å². The van der Waals surface area contributed by atoms with E-state index < -0.39 is 33.7 Å². The third-order valence-corrected chi connectivity index (χ3v) is 5.74. The van der Waals surface area contributed by atoms with Crippen molar-refractivity contribution in [1.29, 1.82) is 0 Å². The molecule has 2 aromatic rings. The third-order valence-electron chi connectivity index (χ3n) is 3.64. The van der Waals surface area contributed by atoms with Crippen LogP contribution in [0.25, 0.3) is 0 Å².